The van der Waals surface area contributed by atoms with E-state index in [1.165, 1.54) is 0 Å². The first-order valence-corrected chi connectivity index (χ1v) is 5.86. The number of hydrogen-bond donors (Lipinski definition) is 2. The Morgan fingerprint density at radius 1 is 1.31 bits per heavy atom. The van der Waals surface area contributed by atoms with Gasteiger partial charge >= 0.3 is 0 Å². The Morgan fingerprint density at radius 2 is 2.06 bits per heavy atom. The SMILES string of the molecule is CCOCCCNC[C@@H](O)c1ccccc1. The van der Waals surface area contributed by atoms with E-state index < -0.39 is 6.10 Å². The van der Waals surface area contributed by atoms with Crippen LogP contribution in [0.5, 0.6) is 0 Å². The molecule has 0 amide bonds. The molecule has 1 aromatic carbocycles. The summed E-state index contributed by atoms with van der Waals surface area (Å²) >= 11 is 0. The standard InChI is InChI=1S/C13H21NO2/c1-2-16-10-6-9-14-11-13(15)12-7-4-3-5-8-12/h3-5,7-8,13-15H,2,6,9-11H2,1H3/t13-/m1/s1. The van der Waals surface area contributed by atoms with Gasteiger partial charge in [-0.05, 0) is 25.5 Å². The van der Waals surface area contributed by atoms with Crippen LogP contribution < -0.4 is 5.32 Å². The number of aliphatic hydroxyl groups is 1. The van der Waals surface area contributed by atoms with E-state index in [1.807, 2.05) is 37.3 Å². The van der Waals surface area contributed by atoms with Crippen LogP contribution in [-0.2, 0) is 4.74 Å². The van der Waals surface area contributed by atoms with E-state index >= 15 is 0 Å². The topological polar surface area (TPSA) is 41.5 Å². The lowest BCUT2D eigenvalue weighted by Gasteiger charge is -2.11. The largest absolute Gasteiger partial charge is 0.387 e. The van der Waals surface area contributed by atoms with Gasteiger partial charge in [0.25, 0.3) is 0 Å². The molecule has 0 heterocycles. The fraction of sp³-hybridized carbons (Fsp3) is 0.538. The summed E-state index contributed by atoms with van der Waals surface area (Å²) < 4.78 is 5.22. The number of ether oxygens (including phenoxy) is 1. The van der Waals surface area contributed by atoms with E-state index in [0.29, 0.717) is 6.54 Å². The van der Waals surface area contributed by atoms with Crippen LogP contribution in [0.1, 0.15) is 25.0 Å². The fourth-order valence-corrected chi connectivity index (χ4v) is 1.48. The summed E-state index contributed by atoms with van der Waals surface area (Å²) in [6.07, 6.45) is 0.559. The summed E-state index contributed by atoms with van der Waals surface area (Å²) in [5.41, 5.74) is 0.958. The molecule has 0 aliphatic carbocycles. The molecule has 0 aromatic heterocycles. The molecule has 0 spiro atoms. The first kappa shape index (κ1) is 13.2. The van der Waals surface area contributed by atoms with E-state index in [1.54, 1.807) is 0 Å². The molecule has 90 valence electrons. The van der Waals surface area contributed by atoms with Gasteiger partial charge in [0.1, 0.15) is 0 Å². The van der Waals surface area contributed by atoms with Crippen LogP contribution in [0.4, 0.5) is 0 Å². The average Bonchev–Trinajstić information content (AvgIpc) is 2.34. The highest BCUT2D eigenvalue weighted by Gasteiger charge is 2.04. The third-order valence-corrected chi connectivity index (χ3v) is 2.37. The molecular weight excluding hydrogens is 202 g/mol. The molecule has 1 rings (SSSR count). The predicted octanol–water partition coefficient (Wildman–Crippen LogP) is 1.74. The minimum absolute atomic E-state index is 0.423. The van der Waals surface area contributed by atoms with Crippen LogP contribution in [0.25, 0.3) is 0 Å². The maximum absolute atomic E-state index is 9.83. The van der Waals surface area contributed by atoms with Crippen molar-refractivity contribution >= 4 is 0 Å². The van der Waals surface area contributed by atoms with Gasteiger partial charge in [-0.3, -0.25) is 0 Å². The molecular formula is C13H21NO2. The van der Waals surface area contributed by atoms with Gasteiger partial charge in [0.05, 0.1) is 6.10 Å². The molecule has 0 radical (unpaired) electrons. The molecule has 1 atom stereocenters. The molecule has 3 heteroatoms. The van der Waals surface area contributed by atoms with Crippen molar-refractivity contribution in [1.29, 1.82) is 0 Å². The third kappa shape index (κ3) is 5.26. The molecule has 0 saturated heterocycles. The second kappa shape index (κ2) is 8.28. The summed E-state index contributed by atoms with van der Waals surface area (Å²) in [6, 6.07) is 9.70. The maximum Gasteiger partial charge on any atom is 0.0914 e. The molecule has 0 aliphatic rings. The van der Waals surface area contributed by atoms with E-state index in [2.05, 4.69) is 5.32 Å². The van der Waals surface area contributed by atoms with Gasteiger partial charge in [-0.25, -0.2) is 0 Å². The van der Waals surface area contributed by atoms with Crippen LogP contribution in [0.3, 0.4) is 0 Å². The summed E-state index contributed by atoms with van der Waals surface area (Å²) in [4.78, 5) is 0. The van der Waals surface area contributed by atoms with Crippen molar-refractivity contribution in [2.24, 2.45) is 0 Å². The van der Waals surface area contributed by atoms with Crippen LogP contribution >= 0.6 is 0 Å². The Balaban J connectivity index is 2.09. The molecule has 0 bridgehead atoms. The summed E-state index contributed by atoms with van der Waals surface area (Å²) in [6.45, 7) is 5.02. The van der Waals surface area contributed by atoms with E-state index in [-0.39, 0.29) is 0 Å². The van der Waals surface area contributed by atoms with Crippen molar-refractivity contribution < 1.29 is 9.84 Å². The van der Waals surface area contributed by atoms with Crippen LogP contribution in [0.15, 0.2) is 30.3 Å². The van der Waals surface area contributed by atoms with Gasteiger partial charge in [-0.1, -0.05) is 30.3 Å². The maximum atomic E-state index is 9.83. The zero-order valence-corrected chi connectivity index (χ0v) is 9.86. The smallest absolute Gasteiger partial charge is 0.0914 e. The number of rotatable bonds is 8. The highest BCUT2D eigenvalue weighted by Crippen LogP contribution is 2.10. The Labute approximate surface area is 97.4 Å². The Hall–Kier alpha value is -0.900. The number of benzene rings is 1. The minimum Gasteiger partial charge on any atom is -0.387 e. The lowest BCUT2D eigenvalue weighted by Crippen LogP contribution is -2.23. The monoisotopic (exact) mass is 223 g/mol. The zero-order valence-electron chi connectivity index (χ0n) is 9.86. The Kier molecular flexibility index (Phi) is 6.81. The molecule has 0 fully saturated rings. The van der Waals surface area contributed by atoms with Crippen molar-refractivity contribution in [3.8, 4) is 0 Å². The molecule has 1 aromatic rings. The highest BCUT2D eigenvalue weighted by atomic mass is 16.5. The summed E-state index contributed by atoms with van der Waals surface area (Å²) in [7, 11) is 0. The van der Waals surface area contributed by atoms with Crippen LogP contribution in [-0.4, -0.2) is 31.4 Å². The molecule has 0 unspecified atom stereocenters. The lowest BCUT2D eigenvalue weighted by molar-refractivity contribution is 0.141. The summed E-state index contributed by atoms with van der Waals surface area (Å²) in [5.74, 6) is 0. The Morgan fingerprint density at radius 3 is 2.75 bits per heavy atom. The van der Waals surface area contributed by atoms with E-state index in [9.17, 15) is 5.11 Å². The van der Waals surface area contributed by atoms with Crippen LogP contribution in [0, 0.1) is 0 Å². The summed E-state index contributed by atoms with van der Waals surface area (Å²) in [5, 5.41) is 13.0. The van der Waals surface area contributed by atoms with Crippen molar-refractivity contribution in [3.63, 3.8) is 0 Å². The first-order chi connectivity index (χ1) is 7.84. The Bertz CT molecular complexity index is 264. The highest BCUT2D eigenvalue weighted by molar-refractivity contribution is 5.17. The van der Waals surface area contributed by atoms with E-state index in [0.717, 1.165) is 31.7 Å². The molecule has 2 N–H and O–H groups in total. The normalized spacial score (nSPS) is 12.6. The molecule has 0 aliphatic heterocycles. The van der Waals surface area contributed by atoms with Crippen molar-refractivity contribution in [2.45, 2.75) is 19.4 Å². The van der Waals surface area contributed by atoms with E-state index in [4.69, 9.17) is 4.74 Å². The van der Waals surface area contributed by atoms with Crippen molar-refractivity contribution in [1.82, 2.24) is 5.32 Å². The zero-order chi connectivity index (χ0) is 11.6. The van der Waals surface area contributed by atoms with Crippen molar-refractivity contribution in [3.05, 3.63) is 35.9 Å². The fourth-order valence-electron chi connectivity index (χ4n) is 1.48. The molecule has 3 nitrogen and oxygen atoms in total. The third-order valence-electron chi connectivity index (χ3n) is 2.37. The second-order valence-corrected chi connectivity index (χ2v) is 3.68. The molecule has 0 saturated carbocycles. The van der Waals surface area contributed by atoms with Gasteiger partial charge in [-0.2, -0.15) is 0 Å². The van der Waals surface area contributed by atoms with Gasteiger partial charge in [0, 0.05) is 19.8 Å². The predicted molar refractivity (Wildman–Crippen MR) is 65.4 cm³/mol. The average molecular weight is 223 g/mol. The number of aliphatic hydroxyl groups excluding tert-OH is 1. The van der Waals surface area contributed by atoms with Crippen LogP contribution in [0.2, 0.25) is 0 Å². The second-order valence-electron chi connectivity index (χ2n) is 3.68. The lowest BCUT2D eigenvalue weighted by atomic mass is 10.1. The van der Waals surface area contributed by atoms with Gasteiger partial charge in [-0.15, -0.1) is 0 Å². The number of nitrogens with one attached hydrogen (secondary N) is 1. The quantitative estimate of drug-likeness (QED) is 0.660. The first-order valence-electron chi connectivity index (χ1n) is 5.86. The van der Waals surface area contributed by atoms with Gasteiger partial charge in [0.15, 0.2) is 0 Å². The van der Waals surface area contributed by atoms with Gasteiger partial charge < -0.3 is 15.2 Å². The van der Waals surface area contributed by atoms with Crippen molar-refractivity contribution in [2.75, 3.05) is 26.3 Å². The number of hydrogen-bond acceptors (Lipinski definition) is 3. The van der Waals surface area contributed by atoms with Gasteiger partial charge in [0.2, 0.25) is 0 Å². The minimum atomic E-state index is -0.423. The molecule has 16 heavy (non-hydrogen) atoms.